The molecule has 21 heavy (non-hydrogen) atoms. The largest absolute Gasteiger partial charge is 0.371 e. The van der Waals surface area contributed by atoms with Crippen molar-refractivity contribution in [3.05, 3.63) is 23.8 Å². The minimum atomic E-state index is -3.45. The molecule has 0 spiro atoms. The summed E-state index contributed by atoms with van der Waals surface area (Å²) in [6, 6.07) is 6.14. The smallest absolute Gasteiger partial charge is 0.301 e. The second-order valence-electron chi connectivity index (χ2n) is 6.11. The minimum Gasteiger partial charge on any atom is -0.371 e. The highest BCUT2D eigenvalue weighted by atomic mass is 32.2. The molecule has 3 rings (SSSR count). The number of nitrogens with one attached hydrogen (secondary N) is 1. The van der Waals surface area contributed by atoms with Gasteiger partial charge in [-0.3, -0.25) is 4.31 Å². The van der Waals surface area contributed by atoms with Gasteiger partial charge in [0.1, 0.15) is 0 Å². The molecule has 0 unspecified atom stereocenters. The summed E-state index contributed by atoms with van der Waals surface area (Å²) >= 11 is 0. The average Bonchev–Trinajstić information content (AvgIpc) is 3.06. The van der Waals surface area contributed by atoms with Crippen molar-refractivity contribution in [2.24, 2.45) is 0 Å². The zero-order valence-corrected chi connectivity index (χ0v) is 13.5. The van der Waals surface area contributed by atoms with Gasteiger partial charge in [0, 0.05) is 31.4 Å². The molecule has 5 nitrogen and oxygen atoms in total. The number of benzene rings is 1. The van der Waals surface area contributed by atoms with E-state index in [1.54, 1.807) is 0 Å². The van der Waals surface area contributed by atoms with E-state index in [4.69, 9.17) is 0 Å². The van der Waals surface area contributed by atoms with Gasteiger partial charge in [0.25, 0.3) is 0 Å². The Morgan fingerprint density at radius 2 is 1.86 bits per heavy atom. The van der Waals surface area contributed by atoms with Crippen LogP contribution in [0.3, 0.4) is 0 Å². The van der Waals surface area contributed by atoms with E-state index >= 15 is 0 Å². The lowest BCUT2D eigenvalue weighted by Crippen LogP contribution is -2.42. The number of hydrogen-bond donors (Lipinski definition) is 1. The third-order valence-corrected chi connectivity index (χ3v) is 5.80. The van der Waals surface area contributed by atoms with Crippen molar-refractivity contribution in [3.8, 4) is 0 Å². The fourth-order valence-electron chi connectivity index (χ4n) is 3.12. The molecule has 2 aliphatic heterocycles. The normalized spacial score (nSPS) is 18.6. The summed E-state index contributed by atoms with van der Waals surface area (Å²) in [5.74, 6) is 0. The van der Waals surface area contributed by atoms with Crippen molar-refractivity contribution in [1.82, 2.24) is 4.72 Å². The Bertz CT molecular complexity index is 622. The van der Waals surface area contributed by atoms with Gasteiger partial charge in [-0.05, 0) is 50.8 Å². The van der Waals surface area contributed by atoms with Crippen LogP contribution in [0.1, 0.15) is 32.3 Å². The van der Waals surface area contributed by atoms with E-state index in [0.717, 1.165) is 36.4 Å². The maximum Gasteiger partial charge on any atom is 0.301 e. The van der Waals surface area contributed by atoms with Crippen molar-refractivity contribution in [2.45, 2.75) is 39.2 Å². The van der Waals surface area contributed by atoms with Gasteiger partial charge in [-0.15, -0.1) is 0 Å². The topological polar surface area (TPSA) is 52.7 Å². The van der Waals surface area contributed by atoms with Gasteiger partial charge in [-0.1, -0.05) is 6.07 Å². The van der Waals surface area contributed by atoms with Crippen LogP contribution < -0.4 is 13.9 Å². The van der Waals surface area contributed by atoms with Crippen LogP contribution in [0, 0.1) is 0 Å². The van der Waals surface area contributed by atoms with Gasteiger partial charge in [0.15, 0.2) is 0 Å². The number of rotatable bonds is 4. The van der Waals surface area contributed by atoms with Crippen molar-refractivity contribution in [1.29, 1.82) is 0 Å². The predicted octanol–water partition coefficient (Wildman–Crippen LogP) is 1.89. The number of anilines is 2. The van der Waals surface area contributed by atoms with Crippen LogP contribution in [-0.2, 0) is 16.6 Å². The Hall–Kier alpha value is -1.27. The molecule has 0 radical (unpaired) electrons. The second kappa shape index (κ2) is 5.50. The highest BCUT2D eigenvalue weighted by Crippen LogP contribution is 2.34. The molecule has 0 bridgehead atoms. The van der Waals surface area contributed by atoms with Crippen LogP contribution in [0.2, 0.25) is 0 Å². The zero-order chi connectivity index (χ0) is 15.0. The lowest BCUT2D eigenvalue weighted by molar-refractivity contribution is 0.566. The van der Waals surface area contributed by atoms with Crippen molar-refractivity contribution >= 4 is 21.6 Å². The van der Waals surface area contributed by atoms with Gasteiger partial charge in [-0.25, -0.2) is 0 Å². The molecule has 1 saturated heterocycles. The molecule has 6 heteroatoms. The Morgan fingerprint density at radius 3 is 2.52 bits per heavy atom. The van der Waals surface area contributed by atoms with Crippen molar-refractivity contribution in [2.75, 3.05) is 28.8 Å². The number of fused-ring (bicyclic) bond motifs is 1. The lowest BCUT2D eigenvalue weighted by atomic mass is 10.1. The molecule has 1 aromatic carbocycles. The van der Waals surface area contributed by atoms with Gasteiger partial charge in [-0.2, -0.15) is 13.1 Å². The SMILES string of the molecule is CC(C)NS(=O)(=O)N1CCc2ccc(N3CCCC3)cc21. The molecule has 116 valence electrons. The summed E-state index contributed by atoms with van der Waals surface area (Å²) in [6.45, 7) is 6.34. The molecule has 0 saturated carbocycles. The van der Waals surface area contributed by atoms with E-state index in [9.17, 15) is 8.42 Å². The van der Waals surface area contributed by atoms with E-state index in [0.29, 0.717) is 6.54 Å². The third kappa shape index (κ3) is 2.87. The monoisotopic (exact) mass is 309 g/mol. The second-order valence-corrected chi connectivity index (χ2v) is 7.73. The molecule has 0 aromatic heterocycles. The molecule has 1 N–H and O–H groups in total. The van der Waals surface area contributed by atoms with Gasteiger partial charge in [0.05, 0.1) is 5.69 Å². The molecular weight excluding hydrogens is 286 g/mol. The fourth-order valence-corrected chi connectivity index (χ4v) is 4.60. The van der Waals surface area contributed by atoms with Crippen molar-refractivity contribution < 1.29 is 8.42 Å². The Kier molecular flexibility index (Phi) is 3.84. The van der Waals surface area contributed by atoms with Crippen LogP contribution in [0.4, 0.5) is 11.4 Å². The van der Waals surface area contributed by atoms with Crippen LogP contribution in [0.15, 0.2) is 18.2 Å². The molecule has 0 aliphatic carbocycles. The van der Waals surface area contributed by atoms with Crippen LogP contribution in [0.25, 0.3) is 0 Å². The zero-order valence-electron chi connectivity index (χ0n) is 12.7. The summed E-state index contributed by atoms with van der Waals surface area (Å²) < 4.78 is 29.1. The Balaban J connectivity index is 1.91. The first-order chi connectivity index (χ1) is 9.97. The Labute approximate surface area is 127 Å². The minimum absolute atomic E-state index is 0.0965. The van der Waals surface area contributed by atoms with Gasteiger partial charge >= 0.3 is 10.2 Å². The number of hydrogen-bond acceptors (Lipinski definition) is 3. The highest BCUT2D eigenvalue weighted by Gasteiger charge is 2.30. The first kappa shape index (κ1) is 14.7. The predicted molar refractivity (Wildman–Crippen MR) is 86.1 cm³/mol. The Morgan fingerprint density at radius 1 is 1.14 bits per heavy atom. The molecule has 2 heterocycles. The first-order valence-electron chi connectivity index (χ1n) is 7.65. The first-order valence-corrected chi connectivity index (χ1v) is 9.09. The molecule has 2 aliphatic rings. The molecular formula is C15H23N3O2S. The van der Waals surface area contributed by atoms with Crippen LogP contribution >= 0.6 is 0 Å². The molecule has 0 amide bonds. The maximum absolute atomic E-state index is 12.4. The summed E-state index contributed by atoms with van der Waals surface area (Å²) in [5, 5.41) is 0. The van der Waals surface area contributed by atoms with E-state index in [1.807, 2.05) is 19.9 Å². The average molecular weight is 309 g/mol. The van der Waals surface area contributed by atoms with E-state index < -0.39 is 10.2 Å². The summed E-state index contributed by atoms with van der Waals surface area (Å²) in [5.41, 5.74) is 3.09. The highest BCUT2D eigenvalue weighted by molar-refractivity contribution is 7.90. The quantitative estimate of drug-likeness (QED) is 0.924. The molecule has 1 fully saturated rings. The molecule has 1 aromatic rings. The summed E-state index contributed by atoms with van der Waals surface area (Å²) in [6.07, 6.45) is 3.22. The fraction of sp³-hybridized carbons (Fsp3) is 0.600. The van der Waals surface area contributed by atoms with E-state index in [-0.39, 0.29) is 6.04 Å². The van der Waals surface area contributed by atoms with Crippen LogP contribution in [-0.4, -0.2) is 34.1 Å². The third-order valence-electron chi connectivity index (χ3n) is 4.07. The van der Waals surface area contributed by atoms with Gasteiger partial charge < -0.3 is 4.90 Å². The number of nitrogens with zero attached hydrogens (tertiary/aromatic N) is 2. The maximum atomic E-state index is 12.4. The van der Waals surface area contributed by atoms with Crippen LogP contribution in [0.5, 0.6) is 0 Å². The van der Waals surface area contributed by atoms with E-state index in [1.165, 1.54) is 17.1 Å². The van der Waals surface area contributed by atoms with Crippen molar-refractivity contribution in [3.63, 3.8) is 0 Å². The van der Waals surface area contributed by atoms with E-state index in [2.05, 4.69) is 21.8 Å². The lowest BCUT2D eigenvalue weighted by Gasteiger charge is -2.23. The standard InChI is InChI=1S/C15H23N3O2S/c1-12(2)16-21(19,20)18-10-7-13-5-6-14(11-15(13)18)17-8-3-4-9-17/h5-6,11-12,16H,3-4,7-10H2,1-2H3. The molecule has 0 atom stereocenters. The summed E-state index contributed by atoms with van der Waals surface area (Å²) in [7, 11) is -3.45. The van der Waals surface area contributed by atoms with Gasteiger partial charge in [0.2, 0.25) is 0 Å². The summed E-state index contributed by atoms with van der Waals surface area (Å²) in [4.78, 5) is 2.33.